The highest BCUT2D eigenvalue weighted by atomic mass is 32.2. The van der Waals surface area contributed by atoms with Gasteiger partial charge in [0.2, 0.25) is 0 Å². The van der Waals surface area contributed by atoms with Gasteiger partial charge in [-0.25, -0.2) is 0 Å². The van der Waals surface area contributed by atoms with E-state index >= 15 is 0 Å². The molecule has 0 aromatic heterocycles. The molecule has 1 nitrogen and oxygen atoms in total. The molecular weight excluding hydrogens is 304 g/mol. The number of halogens is 6. The Hall–Kier alpha value is -0.890. The lowest BCUT2D eigenvalue weighted by Crippen LogP contribution is -2.44. The normalized spacial score (nSPS) is 24.1. The second-order valence-corrected chi connectivity index (χ2v) is 5.72. The van der Waals surface area contributed by atoms with E-state index in [9.17, 15) is 26.3 Å². The third kappa shape index (κ3) is 3.06. The molecule has 1 aromatic carbocycles. The van der Waals surface area contributed by atoms with Gasteiger partial charge < -0.3 is 5.32 Å². The van der Waals surface area contributed by atoms with E-state index in [0.717, 1.165) is 12.1 Å². The summed E-state index contributed by atoms with van der Waals surface area (Å²) in [6, 6.07) is 4.61. The molecule has 0 spiro atoms. The number of thioether (sulfide) groups is 1. The van der Waals surface area contributed by atoms with Gasteiger partial charge in [-0.05, 0) is 42.4 Å². The Morgan fingerprint density at radius 2 is 1.80 bits per heavy atom. The maximum atomic E-state index is 13.3. The van der Waals surface area contributed by atoms with Crippen LogP contribution in [-0.4, -0.2) is 24.8 Å². The highest BCUT2D eigenvalue weighted by Crippen LogP contribution is 2.47. The van der Waals surface area contributed by atoms with Crippen LogP contribution in [0.4, 0.5) is 26.3 Å². The summed E-state index contributed by atoms with van der Waals surface area (Å²) in [6.45, 7) is -0.118. The van der Waals surface area contributed by atoms with Gasteiger partial charge in [-0.1, -0.05) is 12.1 Å². The van der Waals surface area contributed by atoms with Crippen molar-refractivity contribution in [1.82, 2.24) is 5.32 Å². The highest BCUT2D eigenvalue weighted by Gasteiger charge is 2.57. The van der Waals surface area contributed by atoms with Crippen LogP contribution in [-0.2, 0) is 5.41 Å². The molecule has 1 aromatic rings. The molecule has 1 heterocycles. The Morgan fingerprint density at radius 1 is 1.10 bits per heavy atom. The highest BCUT2D eigenvalue weighted by molar-refractivity contribution is 8.00. The fourth-order valence-corrected chi connectivity index (χ4v) is 2.93. The van der Waals surface area contributed by atoms with Crippen LogP contribution in [0.2, 0.25) is 0 Å². The van der Waals surface area contributed by atoms with Crippen LogP contribution in [0.25, 0.3) is 0 Å². The lowest BCUT2D eigenvalue weighted by atomic mass is 9.79. The predicted octanol–water partition coefficient (Wildman–Crippen LogP) is 4.09. The van der Waals surface area contributed by atoms with Crippen molar-refractivity contribution in [3.8, 4) is 0 Å². The zero-order valence-electron chi connectivity index (χ0n) is 10.1. The largest absolute Gasteiger partial charge is 0.446 e. The lowest BCUT2D eigenvalue weighted by molar-refractivity contribution is -0.185. The molecule has 20 heavy (non-hydrogen) atoms. The maximum Gasteiger partial charge on any atom is 0.446 e. The Kier molecular flexibility index (Phi) is 3.98. The topological polar surface area (TPSA) is 12.0 Å². The summed E-state index contributed by atoms with van der Waals surface area (Å²) in [4.78, 5) is -0.231. The van der Waals surface area contributed by atoms with Crippen molar-refractivity contribution in [2.24, 2.45) is 0 Å². The van der Waals surface area contributed by atoms with E-state index in [1.54, 1.807) is 0 Å². The SMILES string of the molecule is FC(F)(F)Sc1cccc([C@]2(C(F)(F)F)CCNC2)c1. The predicted molar refractivity (Wildman–Crippen MR) is 63.6 cm³/mol. The van der Waals surface area contributed by atoms with Crippen LogP contribution in [0.15, 0.2) is 29.2 Å². The molecule has 1 aliphatic rings. The molecule has 112 valence electrons. The molecule has 0 unspecified atom stereocenters. The van der Waals surface area contributed by atoms with E-state index in [4.69, 9.17) is 0 Å². The van der Waals surface area contributed by atoms with Crippen molar-refractivity contribution in [1.29, 1.82) is 0 Å². The van der Waals surface area contributed by atoms with E-state index in [0.29, 0.717) is 0 Å². The molecule has 1 N–H and O–H groups in total. The molecule has 0 amide bonds. The standard InChI is InChI=1S/C12H11F6NS/c13-11(14,15)10(4-5-19-7-10)8-2-1-3-9(6-8)20-12(16,17)18/h1-3,6,19H,4-5,7H2/t10-/m0/s1. The molecule has 8 heteroatoms. The van der Waals surface area contributed by atoms with Crippen LogP contribution in [0.3, 0.4) is 0 Å². The summed E-state index contributed by atoms with van der Waals surface area (Å²) in [7, 11) is 0. The molecule has 2 rings (SSSR count). The Morgan fingerprint density at radius 3 is 2.30 bits per heavy atom. The third-order valence-corrected chi connectivity index (χ3v) is 4.04. The molecule has 0 aliphatic carbocycles. The van der Waals surface area contributed by atoms with Crippen LogP contribution < -0.4 is 5.32 Å². The molecule has 1 saturated heterocycles. The minimum atomic E-state index is -4.52. The van der Waals surface area contributed by atoms with Crippen molar-refractivity contribution in [3.05, 3.63) is 29.8 Å². The lowest BCUT2D eigenvalue weighted by Gasteiger charge is -2.31. The van der Waals surface area contributed by atoms with E-state index in [1.807, 2.05) is 0 Å². The quantitative estimate of drug-likeness (QED) is 0.651. The van der Waals surface area contributed by atoms with Gasteiger partial charge in [0.25, 0.3) is 0 Å². The number of benzene rings is 1. The number of alkyl halides is 6. The molecule has 1 fully saturated rings. The smallest absolute Gasteiger partial charge is 0.315 e. The second kappa shape index (κ2) is 5.14. The van der Waals surface area contributed by atoms with Crippen LogP contribution in [0, 0.1) is 0 Å². The summed E-state index contributed by atoms with van der Waals surface area (Å²) in [5.41, 5.74) is -6.74. The summed E-state index contributed by atoms with van der Waals surface area (Å²) < 4.78 is 76.8. The first-order chi connectivity index (χ1) is 9.14. The zero-order chi connectivity index (χ0) is 15.0. The Bertz CT molecular complexity index is 476. The zero-order valence-corrected chi connectivity index (χ0v) is 10.9. The molecule has 0 saturated carbocycles. The second-order valence-electron chi connectivity index (χ2n) is 4.58. The third-order valence-electron chi connectivity index (χ3n) is 3.32. The number of rotatable bonds is 2. The minimum Gasteiger partial charge on any atom is -0.315 e. The first kappa shape index (κ1) is 15.5. The van der Waals surface area contributed by atoms with Crippen LogP contribution in [0.5, 0.6) is 0 Å². The molecule has 0 radical (unpaired) electrons. The average molecular weight is 315 g/mol. The van der Waals surface area contributed by atoms with Gasteiger partial charge >= 0.3 is 11.7 Å². The number of nitrogens with one attached hydrogen (secondary N) is 1. The van der Waals surface area contributed by atoms with Crippen molar-refractivity contribution in [3.63, 3.8) is 0 Å². The number of hydrogen-bond donors (Lipinski definition) is 1. The fraction of sp³-hybridized carbons (Fsp3) is 0.500. The molecule has 1 atom stereocenters. The Balaban J connectivity index is 2.38. The van der Waals surface area contributed by atoms with Gasteiger partial charge in [-0.3, -0.25) is 0 Å². The van der Waals surface area contributed by atoms with E-state index in [2.05, 4.69) is 5.32 Å². The molecule has 1 aliphatic heterocycles. The van der Waals surface area contributed by atoms with Crippen molar-refractivity contribution in [2.75, 3.05) is 13.1 Å². The minimum absolute atomic E-state index is 0.121. The van der Waals surface area contributed by atoms with Crippen LogP contribution >= 0.6 is 11.8 Å². The summed E-state index contributed by atoms with van der Waals surface area (Å²) in [6.07, 6.45) is -4.67. The van der Waals surface area contributed by atoms with E-state index < -0.39 is 28.9 Å². The summed E-state index contributed by atoms with van der Waals surface area (Å²) in [5, 5.41) is 2.64. The maximum absolute atomic E-state index is 13.3. The average Bonchev–Trinajstić information content (AvgIpc) is 2.76. The summed E-state index contributed by atoms with van der Waals surface area (Å²) in [5.74, 6) is 0. The van der Waals surface area contributed by atoms with Crippen molar-refractivity contribution < 1.29 is 26.3 Å². The monoisotopic (exact) mass is 315 g/mol. The van der Waals surface area contributed by atoms with Gasteiger partial charge in [-0.15, -0.1) is 0 Å². The Labute approximate surface area is 115 Å². The molecular formula is C12H11F6NS. The number of hydrogen-bond acceptors (Lipinski definition) is 2. The van der Waals surface area contributed by atoms with Gasteiger partial charge in [0.1, 0.15) is 5.41 Å². The van der Waals surface area contributed by atoms with Crippen molar-refractivity contribution >= 4 is 11.8 Å². The van der Waals surface area contributed by atoms with Crippen molar-refractivity contribution in [2.45, 2.75) is 28.4 Å². The van der Waals surface area contributed by atoms with Gasteiger partial charge in [0.15, 0.2) is 0 Å². The van der Waals surface area contributed by atoms with Gasteiger partial charge in [0, 0.05) is 11.4 Å². The fourth-order valence-electron chi connectivity index (χ4n) is 2.33. The van der Waals surface area contributed by atoms with E-state index in [1.165, 1.54) is 12.1 Å². The van der Waals surface area contributed by atoms with Gasteiger partial charge in [0.05, 0.1) is 0 Å². The summed E-state index contributed by atoms with van der Waals surface area (Å²) >= 11 is -0.405. The van der Waals surface area contributed by atoms with Gasteiger partial charge in [-0.2, -0.15) is 26.3 Å². The molecule has 0 bridgehead atoms. The first-order valence-electron chi connectivity index (χ1n) is 5.78. The first-order valence-corrected chi connectivity index (χ1v) is 6.59. The van der Waals surface area contributed by atoms with E-state index in [-0.39, 0.29) is 30.0 Å². The van der Waals surface area contributed by atoms with Crippen LogP contribution in [0.1, 0.15) is 12.0 Å².